The number of ether oxygens (including phenoxy) is 1. The van der Waals surface area contributed by atoms with Gasteiger partial charge >= 0.3 is 0 Å². The van der Waals surface area contributed by atoms with Gasteiger partial charge in [0, 0.05) is 24.4 Å². The fraction of sp³-hybridized carbons (Fsp3) is 0.423. The van der Waals surface area contributed by atoms with Gasteiger partial charge in [-0.2, -0.15) is 5.10 Å². The van der Waals surface area contributed by atoms with Crippen molar-refractivity contribution in [3.63, 3.8) is 0 Å². The Morgan fingerprint density at radius 2 is 1.91 bits per heavy atom. The van der Waals surface area contributed by atoms with Crippen molar-refractivity contribution in [3.8, 4) is 0 Å². The van der Waals surface area contributed by atoms with Gasteiger partial charge < -0.3 is 20.4 Å². The van der Waals surface area contributed by atoms with Crippen molar-refractivity contribution in [2.24, 2.45) is 0 Å². The topological polar surface area (TPSA) is 89.9 Å². The summed E-state index contributed by atoms with van der Waals surface area (Å²) in [5, 5.41) is 18.6. The Morgan fingerprint density at radius 1 is 1.12 bits per heavy atom. The van der Waals surface area contributed by atoms with Crippen LogP contribution in [0.5, 0.6) is 0 Å². The third-order valence-corrected chi connectivity index (χ3v) is 7.08. The van der Waals surface area contributed by atoms with E-state index in [-0.39, 0.29) is 6.04 Å². The number of hydrogen-bond donors (Lipinski definition) is 3. The van der Waals surface area contributed by atoms with E-state index in [1.54, 1.807) is 6.20 Å². The van der Waals surface area contributed by atoms with Crippen LogP contribution in [0, 0.1) is 5.41 Å². The average molecular weight is 445 g/mol. The second kappa shape index (κ2) is 9.75. The zero-order valence-electron chi connectivity index (χ0n) is 19.1. The molecule has 1 aliphatic carbocycles. The maximum Gasteiger partial charge on any atom is 0.143 e. The van der Waals surface area contributed by atoms with Crippen LogP contribution in [0.1, 0.15) is 61.1 Å². The lowest BCUT2D eigenvalue weighted by Crippen LogP contribution is -2.44. The van der Waals surface area contributed by atoms with Crippen LogP contribution in [-0.4, -0.2) is 47.2 Å². The summed E-state index contributed by atoms with van der Waals surface area (Å²) in [7, 11) is 0. The van der Waals surface area contributed by atoms with Gasteiger partial charge in [0.1, 0.15) is 17.5 Å². The zero-order chi connectivity index (χ0) is 22.6. The normalized spacial score (nSPS) is 23.3. The third-order valence-electron chi connectivity index (χ3n) is 7.08. The first-order valence-corrected chi connectivity index (χ1v) is 11.9. The maximum atomic E-state index is 8.24. The number of hydrogen-bond acceptors (Lipinski definition) is 6. The van der Waals surface area contributed by atoms with Crippen molar-refractivity contribution in [2.75, 3.05) is 30.0 Å². The quantitative estimate of drug-likeness (QED) is 0.454. The Labute approximate surface area is 195 Å². The molecule has 3 N–H and O–H groups in total. The molecule has 0 unspecified atom stereocenters. The number of morpholine rings is 1. The third kappa shape index (κ3) is 4.64. The number of benzene rings is 1. The molecule has 2 aliphatic rings. The summed E-state index contributed by atoms with van der Waals surface area (Å²) < 4.78 is 5.66. The minimum absolute atomic E-state index is 0.263. The van der Waals surface area contributed by atoms with Gasteiger partial charge in [0.2, 0.25) is 0 Å². The highest BCUT2D eigenvalue weighted by Gasteiger charge is 2.28. The molecule has 1 atom stereocenters. The predicted molar refractivity (Wildman–Crippen MR) is 132 cm³/mol. The molecule has 1 aliphatic heterocycles. The van der Waals surface area contributed by atoms with Gasteiger partial charge in [-0.15, -0.1) is 0 Å². The second-order valence-electron chi connectivity index (χ2n) is 9.15. The van der Waals surface area contributed by atoms with E-state index in [0.29, 0.717) is 30.9 Å². The van der Waals surface area contributed by atoms with Gasteiger partial charge in [-0.25, -0.2) is 4.98 Å². The molecule has 3 heterocycles. The summed E-state index contributed by atoms with van der Waals surface area (Å²) in [6.45, 7) is 4.41. The van der Waals surface area contributed by atoms with Crippen LogP contribution in [0.25, 0.3) is 0 Å². The molecular weight excluding hydrogens is 412 g/mol. The van der Waals surface area contributed by atoms with Crippen LogP contribution >= 0.6 is 0 Å². The van der Waals surface area contributed by atoms with E-state index < -0.39 is 0 Å². The van der Waals surface area contributed by atoms with Crippen LogP contribution in [0.2, 0.25) is 0 Å². The SMILES string of the molecule is C[C@@H]1COCCN1c1cc(C2CCC(c3ccccc3)CC2)c(C=N)c(Nc2ccn[nH]2)n1. The molecule has 33 heavy (non-hydrogen) atoms. The van der Waals surface area contributed by atoms with E-state index in [1.165, 1.54) is 30.2 Å². The van der Waals surface area contributed by atoms with E-state index in [1.807, 2.05) is 6.07 Å². The lowest BCUT2D eigenvalue weighted by atomic mass is 9.75. The van der Waals surface area contributed by atoms with Gasteiger partial charge in [-0.05, 0) is 61.6 Å². The Bertz CT molecular complexity index is 1060. The molecule has 1 saturated carbocycles. The zero-order valence-corrected chi connectivity index (χ0v) is 19.1. The Morgan fingerprint density at radius 3 is 2.61 bits per heavy atom. The molecule has 0 bridgehead atoms. The van der Waals surface area contributed by atoms with Crippen molar-refractivity contribution in [1.82, 2.24) is 15.2 Å². The Kier molecular flexibility index (Phi) is 6.39. The Hall–Kier alpha value is -3.19. The number of anilines is 3. The lowest BCUT2D eigenvalue weighted by molar-refractivity contribution is 0.0985. The molecule has 1 aromatic carbocycles. The van der Waals surface area contributed by atoms with Crippen LogP contribution in [0.4, 0.5) is 17.5 Å². The molecule has 0 radical (unpaired) electrons. The van der Waals surface area contributed by atoms with Crippen LogP contribution < -0.4 is 10.2 Å². The molecule has 3 aromatic rings. The van der Waals surface area contributed by atoms with Crippen molar-refractivity contribution in [1.29, 1.82) is 5.41 Å². The number of rotatable bonds is 6. The smallest absolute Gasteiger partial charge is 0.143 e. The minimum atomic E-state index is 0.263. The molecule has 0 spiro atoms. The molecule has 0 amide bonds. The standard InChI is InChI=1S/C26H32N6O/c1-18-17-33-14-13-32(18)25-15-22(23(16-27)26(30-25)29-24-11-12-28-31-24)21-9-7-20(8-10-21)19-5-3-2-4-6-19/h2-6,11-12,15-16,18,20-21,27H,7-10,13-14,17H2,1H3,(H2,28,29,30,31)/t18-,20?,21?/m1/s1. The number of pyridine rings is 1. The van der Waals surface area contributed by atoms with Gasteiger partial charge in [-0.1, -0.05) is 30.3 Å². The Balaban J connectivity index is 1.47. The average Bonchev–Trinajstić information content (AvgIpc) is 3.38. The summed E-state index contributed by atoms with van der Waals surface area (Å²) in [6.07, 6.45) is 7.74. The molecule has 1 saturated heterocycles. The molecule has 7 nitrogen and oxygen atoms in total. The summed E-state index contributed by atoms with van der Waals surface area (Å²) in [5.74, 6) is 3.48. The largest absolute Gasteiger partial charge is 0.377 e. The molecular formula is C26H32N6O. The van der Waals surface area contributed by atoms with Crippen molar-refractivity contribution < 1.29 is 4.74 Å². The van der Waals surface area contributed by atoms with E-state index in [4.69, 9.17) is 15.1 Å². The lowest BCUT2D eigenvalue weighted by Gasteiger charge is -2.36. The van der Waals surface area contributed by atoms with Crippen LogP contribution in [0.15, 0.2) is 48.7 Å². The summed E-state index contributed by atoms with van der Waals surface area (Å²) in [6, 6.07) is 15.2. The number of nitrogens with zero attached hydrogens (tertiary/aromatic N) is 3. The van der Waals surface area contributed by atoms with E-state index in [0.717, 1.165) is 36.6 Å². The highest BCUT2D eigenvalue weighted by Crippen LogP contribution is 2.43. The van der Waals surface area contributed by atoms with Crippen molar-refractivity contribution >= 4 is 23.7 Å². The monoisotopic (exact) mass is 444 g/mol. The fourth-order valence-corrected chi connectivity index (χ4v) is 5.28. The van der Waals surface area contributed by atoms with Gasteiger partial charge in [0.15, 0.2) is 0 Å². The van der Waals surface area contributed by atoms with Gasteiger partial charge in [0.25, 0.3) is 0 Å². The molecule has 2 fully saturated rings. The molecule has 2 aromatic heterocycles. The van der Waals surface area contributed by atoms with Crippen molar-refractivity contribution in [3.05, 3.63) is 65.4 Å². The second-order valence-corrected chi connectivity index (χ2v) is 9.15. The highest BCUT2D eigenvalue weighted by molar-refractivity contribution is 5.88. The van der Waals surface area contributed by atoms with E-state index in [2.05, 4.69) is 63.7 Å². The number of aromatic amines is 1. The first-order valence-electron chi connectivity index (χ1n) is 11.9. The summed E-state index contributed by atoms with van der Waals surface area (Å²) in [4.78, 5) is 7.30. The van der Waals surface area contributed by atoms with Crippen LogP contribution in [-0.2, 0) is 4.74 Å². The van der Waals surface area contributed by atoms with Crippen LogP contribution in [0.3, 0.4) is 0 Å². The van der Waals surface area contributed by atoms with Crippen molar-refractivity contribution in [2.45, 2.75) is 50.5 Å². The first kappa shape index (κ1) is 21.6. The van der Waals surface area contributed by atoms with Gasteiger partial charge in [0.05, 0.1) is 25.5 Å². The fourth-order valence-electron chi connectivity index (χ4n) is 5.28. The summed E-state index contributed by atoms with van der Waals surface area (Å²) in [5.41, 5.74) is 3.54. The maximum absolute atomic E-state index is 8.24. The molecule has 5 rings (SSSR count). The van der Waals surface area contributed by atoms with E-state index >= 15 is 0 Å². The number of aromatic nitrogens is 3. The number of nitrogens with one attached hydrogen (secondary N) is 3. The molecule has 172 valence electrons. The first-order chi connectivity index (χ1) is 16.2. The highest BCUT2D eigenvalue weighted by atomic mass is 16.5. The summed E-state index contributed by atoms with van der Waals surface area (Å²) >= 11 is 0. The molecule has 7 heteroatoms. The predicted octanol–water partition coefficient (Wildman–Crippen LogP) is 5.21. The van der Waals surface area contributed by atoms with E-state index in [9.17, 15) is 0 Å². The van der Waals surface area contributed by atoms with Gasteiger partial charge in [-0.3, -0.25) is 5.10 Å². The number of H-pyrrole nitrogens is 1. The minimum Gasteiger partial charge on any atom is -0.377 e.